The summed E-state index contributed by atoms with van der Waals surface area (Å²) in [6.45, 7) is 0.747. The summed E-state index contributed by atoms with van der Waals surface area (Å²) in [5.41, 5.74) is 0.826. The summed E-state index contributed by atoms with van der Waals surface area (Å²) in [6, 6.07) is 6.07. The quantitative estimate of drug-likeness (QED) is 0.807. The van der Waals surface area contributed by atoms with Gasteiger partial charge in [-0.15, -0.1) is 0 Å². The molecule has 1 aliphatic rings. The van der Waals surface area contributed by atoms with Crippen molar-refractivity contribution in [3.8, 4) is 0 Å². The van der Waals surface area contributed by atoms with Crippen LogP contribution in [0, 0.1) is 11.7 Å². The molecule has 1 aromatic carbocycles. The molecule has 0 unspecified atom stereocenters. The number of amides is 1. The molecule has 102 valence electrons. The molecule has 0 heterocycles. The highest BCUT2D eigenvalue weighted by atomic mass is 19.1. The summed E-state index contributed by atoms with van der Waals surface area (Å²) in [5.74, 6) is 0.446. The minimum Gasteiger partial charge on any atom is -0.353 e. The molecule has 0 spiro atoms. The lowest BCUT2D eigenvalue weighted by molar-refractivity contribution is -0.116. The van der Waals surface area contributed by atoms with Crippen LogP contribution in [0.5, 0.6) is 0 Å². The predicted octanol–water partition coefficient (Wildman–Crippen LogP) is 3.54. The van der Waals surface area contributed by atoms with E-state index in [1.54, 1.807) is 18.2 Å². The van der Waals surface area contributed by atoms with Gasteiger partial charge in [-0.2, -0.15) is 0 Å². The third kappa shape index (κ3) is 4.86. The van der Waals surface area contributed by atoms with Crippen molar-refractivity contribution in [3.63, 3.8) is 0 Å². The lowest BCUT2D eigenvalue weighted by Gasteiger charge is -2.08. The smallest absolute Gasteiger partial charge is 0.243 e. The Morgan fingerprint density at radius 3 is 2.63 bits per heavy atom. The van der Waals surface area contributed by atoms with E-state index in [1.807, 2.05) is 0 Å². The molecule has 0 aliphatic heterocycles. The van der Waals surface area contributed by atoms with Crippen LogP contribution in [-0.4, -0.2) is 12.5 Å². The normalized spacial score (nSPS) is 16.1. The molecule has 1 aromatic rings. The SMILES string of the molecule is O=C(/C=C/c1ccc(F)cc1)NCCC1CCCC1. The van der Waals surface area contributed by atoms with Gasteiger partial charge in [-0.05, 0) is 36.1 Å². The Morgan fingerprint density at radius 2 is 1.95 bits per heavy atom. The van der Waals surface area contributed by atoms with E-state index < -0.39 is 0 Å². The second kappa shape index (κ2) is 7.07. The standard InChI is InChI=1S/C16H20FNO/c17-15-8-5-14(6-9-15)7-10-16(19)18-12-11-13-3-1-2-4-13/h5-10,13H,1-4,11-12H2,(H,18,19)/b10-7+. The molecule has 2 nitrogen and oxygen atoms in total. The second-order valence-corrected chi connectivity index (χ2v) is 5.12. The Hall–Kier alpha value is -1.64. The van der Waals surface area contributed by atoms with Gasteiger partial charge in [0, 0.05) is 12.6 Å². The van der Waals surface area contributed by atoms with Crippen molar-refractivity contribution in [1.82, 2.24) is 5.32 Å². The number of benzene rings is 1. The number of halogens is 1. The van der Waals surface area contributed by atoms with E-state index in [0.29, 0.717) is 0 Å². The van der Waals surface area contributed by atoms with Crippen LogP contribution in [0.1, 0.15) is 37.7 Å². The molecule has 0 atom stereocenters. The van der Waals surface area contributed by atoms with Crippen LogP contribution in [-0.2, 0) is 4.79 Å². The van der Waals surface area contributed by atoms with Crippen molar-refractivity contribution < 1.29 is 9.18 Å². The topological polar surface area (TPSA) is 29.1 Å². The molecule has 0 aromatic heterocycles. The van der Waals surface area contributed by atoms with E-state index in [2.05, 4.69) is 5.32 Å². The molecule has 1 fully saturated rings. The molecule has 1 amide bonds. The van der Waals surface area contributed by atoms with Crippen molar-refractivity contribution in [1.29, 1.82) is 0 Å². The summed E-state index contributed by atoms with van der Waals surface area (Å²) in [7, 11) is 0. The maximum Gasteiger partial charge on any atom is 0.243 e. The van der Waals surface area contributed by atoms with Crippen molar-refractivity contribution in [2.75, 3.05) is 6.54 Å². The summed E-state index contributed by atoms with van der Waals surface area (Å²) < 4.78 is 12.7. The Bertz CT molecular complexity index is 433. The number of carbonyl (C=O) groups is 1. The highest BCUT2D eigenvalue weighted by Gasteiger charge is 2.14. The van der Waals surface area contributed by atoms with Crippen LogP contribution in [0.3, 0.4) is 0 Å². The monoisotopic (exact) mass is 261 g/mol. The Kier molecular flexibility index (Phi) is 5.13. The number of rotatable bonds is 5. The fourth-order valence-electron chi connectivity index (χ4n) is 2.50. The highest BCUT2D eigenvalue weighted by molar-refractivity contribution is 5.91. The molecule has 2 rings (SSSR count). The fourth-order valence-corrected chi connectivity index (χ4v) is 2.50. The molecular weight excluding hydrogens is 241 g/mol. The molecule has 0 bridgehead atoms. The molecule has 1 aliphatic carbocycles. The van der Waals surface area contributed by atoms with Crippen molar-refractivity contribution in [2.24, 2.45) is 5.92 Å². The Balaban J connectivity index is 1.69. The van der Waals surface area contributed by atoms with Crippen LogP contribution in [0.2, 0.25) is 0 Å². The van der Waals surface area contributed by atoms with Crippen LogP contribution in [0.15, 0.2) is 30.3 Å². The van der Waals surface area contributed by atoms with Gasteiger partial charge in [0.15, 0.2) is 0 Å². The molecule has 0 saturated heterocycles. The largest absolute Gasteiger partial charge is 0.353 e. The van der Waals surface area contributed by atoms with Gasteiger partial charge in [0.05, 0.1) is 0 Å². The van der Waals surface area contributed by atoms with Gasteiger partial charge in [0.1, 0.15) is 5.82 Å². The molecular formula is C16H20FNO. The first-order valence-corrected chi connectivity index (χ1v) is 6.95. The van der Waals surface area contributed by atoms with Crippen molar-refractivity contribution in [3.05, 3.63) is 41.7 Å². The van der Waals surface area contributed by atoms with Crippen molar-refractivity contribution in [2.45, 2.75) is 32.1 Å². The second-order valence-electron chi connectivity index (χ2n) is 5.12. The third-order valence-corrected chi connectivity index (χ3v) is 3.62. The molecule has 1 saturated carbocycles. The van der Waals surface area contributed by atoms with E-state index in [9.17, 15) is 9.18 Å². The minimum atomic E-state index is -0.266. The zero-order valence-electron chi connectivity index (χ0n) is 11.1. The maximum absolute atomic E-state index is 12.7. The first kappa shape index (κ1) is 13.8. The minimum absolute atomic E-state index is 0.0812. The first-order chi connectivity index (χ1) is 9.24. The zero-order chi connectivity index (χ0) is 13.5. The van der Waals surface area contributed by atoms with Crippen LogP contribution in [0.4, 0.5) is 4.39 Å². The number of nitrogens with one attached hydrogen (secondary N) is 1. The average Bonchev–Trinajstić information content (AvgIpc) is 2.91. The predicted molar refractivity (Wildman–Crippen MR) is 75.0 cm³/mol. The summed E-state index contributed by atoms with van der Waals surface area (Å²) in [4.78, 5) is 11.6. The summed E-state index contributed by atoms with van der Waals surface area (Å²) >= 11 is 0. The fraction of sp³-hybridized carbons (Fsp3) is 0.438. The molecule has 1 N–H and O–H groups in total. The molecule has 0 radical (unpaired) electrons. The van der Waals surface area contributed by atoms with Crippen molar-refractivity contribution >= 4 is 12.0 Å². The van der Waals surface area contributed by atoms with E-state index in [4.69, 9.17) is 0 Å². The van der Waals surface area contributed by atoms with Gasteiger partial charge in [-0.25, -0.2) is 4.39 Å². The van der Waals surface area contributed by atoms with Gasteiger partial charge in [-0.1, -0.05) is 37.8 Å². The lowest BCUT2D eigenvalue weighted by Crippen LogP contribution is -2.23. The van der Waals surface area contributed by atoms with Crippen LogP contribution >= 0.6 is 0 Å². The summed E-state index contributed by atoms with van der Waals surface area (Å²) in [6.07, 6.45) is 9.57. The van der Waals surface area contributed by atoms with E-state index >= 15 is 0 Å². The van der Waals surface area contributed by atoms with E-state index in [0.717, 1.165) is 24.4 Å². The van der Waals surface area contributed by atoms with Gasteiger partial charge in [0.2, 0.25) is 5.91 Å². The number of carbonyl (C=O) groups excluding carboxylic acids is 1. The van der Waals surface area contributed by atoms with Gasteiger partial charge >= 0.3 is 0 Å². The zero-order valence-corrected chi connectivity index (χ0v) is 11.1. The number of hydrogen-bond donors (Lipinski definition) is 1. The van der Waals surface area contributed by atoms with Gasteiger partial charge in [0.25, 0.3) is 0 Å². The lowest BCUT2D eigenvalue weighted by atomic mass is 10.0. The van der Waals surface area contributed by atoms with E-state index in [-0.39, 0.29) is 11.7 Å². The summed E-state index contributed by atoms with van der Waals surface area (Å²) in [5, 5.41) is 2.89. The Morgan fingerprint density at radius 1 is 1.26 bits per heavy atom. The van der Waals surface area contributed by atoms with E-state index in [1.165, 1.54) is 43.9 Å². The third-order valence-electron chi connectivity index (χ3n) is 3.62. The van der Waals surface area contributed by atoms with Gasteiger partial charge in [-0.3, -0.25) is 4.79 Å². The van der Waals surface area contributed by atoms with Gasteiger partial charge < -0.3 is 5.32 Å². The molecule has 19 heavy (non-hydrogen) atoms. The van der Waals surface area contributed by atoms with Crippen LogP contribution in [0.25, 0.3) is 6.08 Å². The number of hydrogen-bond acceptors (Lipinski definition) is 1. The van der Waals surface area contributed by atoms with Crippen LogP contribution < -0.4 is 5.32 Å². The average molecular weight is 261 g/mol. The Labute approximate surface area is 113 Å². The molecule has 3 heteroatoms. The first-order valence-electron chi connectivity index (χ1n) is 6.95. The maximum atomic E-state index is 12.7. The highest BCUT2D eigenvalue weighted by Crippen LogP contribution is 2.26.